The van der Waals surface area contributed by atoms with E-state index in [1.807, 2.05) is 19.9 Å². The molecule has 0 fully saturated rings. The SMILES string of the molecule is CC(=O)CC(C)=O.Cc1cc(C)nc(N)n1.N=C(N)N.[Ac].[Na+].[OH-]. The van der Waals surface area contributed by atoms with E-state index < -0.39 is 0 Å². The van der Waals surface area contributed by atoms with Gasteiger partial charge in [-0.3, -0.25) is 15.0 Å². The molecule has 0 bridgehead atoms. The molecule has 0 unspecified atom stereocenters. The number of hydrogen-bond donors (Lipinski definition) is 4. The molecular weight excluding hydrogens is 526 g/mol. The Labute approximate surface area is 194 Å². The summed E-state index contributed by atoms with van der Waals surface area (Å²) in [5.41, 5.74) is 16.1. The van der Waals surface area contributed by atoms with Gasteiger partial charge in [0.1, 0.15) is 11.6 Å². The first kappa shape index (κ1) is 34.3. The zero-order chi connectivity index (χ0) is 16.3. The monoisotopic (exact) mass is 549 g/mol. The van der Waals surface area contributed by atoms with Crippen molar-refractivity contribution < 1.29 is 88.7 Å². The second-order valence-corrected chi connectivity index (χ2v) is 4.05. The second kappa shape index (κ2) is 19.9. The van der Waals surface area contributed by atoms with E-state index in [1.54, 1.807) is 0 Å². The summed E-state index contributed by atoms with van der Waals surface area (Å²) in [5.74, 6) is -0.104. The molecule has 0 saturated heterocycles. The molecule has 0 atom stereocenters. The van der Waals surface area contributed by atoms with Crippen molar-refractivity contribution in [2.24, 2.45) is 11.5 Å². The van der Waals surface area contributed by atoms with Gasteiger partial charge < -0.3 is 22.7 Å². The number of aromatic nitrogens is 2. The molecule has 0 aromatic carbocycles. The Morgan fingerprint density at radius 2 is 1.35 bits per heavy atom. The molecule has 1 heterocycles. The Hall–Kier alpha value is -0.108. The van der Waals surface area contributed by atoms with Gasteiger partial charge in [0, 0.05) is 55.5 Å². The number of ketones is 2. The number of carbonyl (C=O) groups is 2. The van der Waals surface area contributed by atoms with E-state index in [9.17, 15) is 9.59 Å². The molecule has 11 heteroatoms. The number of hydrogen-bond acceptors (Lipinski definition) is 7. The minimum absolute atomic E-state index is 0. The summed E-state index contributed by atoms with van der Waals surface area (Å²) in [5, 5.41) is 6.06. The Balaban J connectivity index is -0.0000000705. The third-order valence-electron chi connectivity index (χ3n) is 1.50. The van der Waals surface area contributed by atoms with Crippen molar-refractivity contribution in [3.05, 3.63) is 17.5 Å². The fourth-order valence-corrected chi connectivity index (χ4v) is 1.10. The summed E-state index contributed by atoms with van der Waals surface area (Å²) in [6.07, 6.45) is 0.0833. The van der Waals surface area contributed by atoms with Crippen molar-refractivity contribution in [3.8, 4) is 0 Å². The van der Waals surface area contributed by atoms with Crippen molar-refractivity contribution in [3.63, 3.8) is 0 Å². The van der Waals surface area contributed by atoms with Crippen molar-refractivity contribution in [2.45, 2.75) is 34.1 Å². The van der Waals surface area contributed by atoms with Gasteiger partial charge >= 0.3 is 29.6 Å². The van der Waals surface area contributed by atoms with E-state index in [1.165, 1.54) is 13.8 Å². The van der Waals surface area contributed by atoms with Gasteiger partial charge in [-0.2, -0.15) is 0 Å². The average molecular weight is 549 g/mol. The predicted octanol–water partition coefficient (Wildman–Crippen LogP) is -3.10. The quantitative estimate of drug-likeness (QED) is 0.129. The Bertz CT molecular complexity index is 421. The number of aryl methyl sites for hydroxylation is 2. The number of nitrogens with two attached hydrogens (primary N) is 3. The Morgan fingerprint density at radius 1 is 1.09 bits per heavy atom. The van der Waals surface area contributed by atoms with Crippen LogP contribution in [0.5, 0.6) is 0 Å². The predicted molar refractivity (Wildman–Crippen MR) is 79.9 cm³/mol. The normalized spacial score (nSPS) is 7.30. The summed E-state index contributed by atoms with van der Waals surface area (Å²) in [6, 6.07) is 1.89. The number of Topliss-reactive ketones (excluding diaryl/α,β-unsaturated/α-hetero) is 2. The van der Waals surface area contributed by atoms with Crippen molar-refractivity contribution in [2.75, 3.05) is 5.73 Å². The van der Waals surface area contributed by atoms with Crippen LogP contribution in [0.3, 0.4) is 0 Å². The number of carbonyl (C=O) groups excluding carboxylic acids is 2. The van der Waals surface area contributed by atoms with Crippen LogP contribution in [0.15, 0.2) is 6.07 Å². The molecule has 1 aromatic rings. The molecule has 1 rings (SSSR count). The van der Waals surface area contributed by atoms with Crippen LogP contribution in [0.4, 0.5) is 5.95 Å². The van der Waals surface area contributed by atoms with Crippen molar-refractivity contribution in [1.82, 2.24) is 9.97 Å². The minimum Gasteiger partial charge on any atom is -0.870 e. The zero-order valence-electron chi connectivity index (χ0n) is 14.3. The second-order valence-electron chi connectivity index (χ2n) is 4.05. The van der Waals surface area contributed by atoms with Crippen LogP contribution in [-0.2, 0) is 9.59 Å². The van der Waals surface area contributed by atoms with Crippen LogP contribution in [0.2, 0.25) is 0 Å². The summed E-state index contributed by atoms with van der Waals surface area (Å²) >= 11 is 0. The summed E-state index contributed by atoms with van der Waals surface area (Å²) in [7, 11) is 0. The minimum atomic E-state index is -0.333. The number of anilines is 1. The number of nitrogen functional groups attached to an aromatic ring is 1. The third-order valence-corrected chi connectivity index (χ3v) is 1.50. The summed E-state index contributed by atoms with van der Waals surface area (Å²) < 4.78 is 0. The van der Waals surface area contributed by atoms with E-state index >= 15 is 0 Å². The molecular formula is C12H23AcN6NaO3. The van der Waals surface area contributed by atoms with Crippen LogP contribution < -0.4 is 46.8 Å². The number of nitrogens with zero attached hydrogens (tertiary/aromatic N) is 2. The number of rotatable bonds is 2. The number of nitrogens with one attached hydrogen (secondary N) is 1. The first-order valence-electron chi connectivity index (χ1n) is 5.70. The molecule has 0 aliphatic heterocycles. The molecule has 0 aliphatic carbocycles. The van der Waals surface area contributed by atoms with Crippen molar-refractivity contribution in [1.29, 1.82) is 5.41 Å². The standard InChI is InChI=1S/C6H9N3.C5H8O2.CH5N3.Ac.Na.H2O/c1-4-3-5(2)9-6(7)8-4;1-4(6)3-5(2)7;2-1(3)4;;;/h3H,1-2H3,(H2,7,8,9);3H2,1-2H3;(H5,2,3,4);;;1H2/q;;;;+1;/p-1. The van der Waals surface area contributed by atoms with Crippen LogP contribution >= 0.6 is 0 Å². The van der Waals surface area contributed by atoms with Gasteiger partial charge in [-0.05, 0) is 33.8 Å². The van der Waals surface area contributed by atoms with Gasteiger partial charge in [-0.15, -0.1) is 0 Å². The maximum atomic E-state index is 10.0. The van der Waals surface area contributed by atoms with E-state index in [4.69, 9.17) is 11.1 Å². The Morgan fingerprint density at radius 3 is 1.48 bits per heavy atom. The van der Waals surface area contributed by atoms with Crippen LogP contribution in [-0.4, -0.2) is 33.0 Å². The fraction of sp³-hybridized carbons (Fsp3) is 0.417. The fourth-order valence-electron chi connectivity index (χ4n) is 1.10. The van der Waals surface area contributed by atoms with Gasteiger partial charge in [-0.1, -0.05) is 0 Å². The molecule has 0 amide bonds. The number of guanidine groups is 1. The van der Waals surface area contributed by atoms with E-state index in [-0.39, 0.29) is 103 Å². The van der Waals surface area contributed by atoms with Crippen LogP contribution in [0, 0.1) is 63.3 Å². The van der Waals surface area contributed by atoms with E-state index in [0.717, 1.165) is 11.4 Å². The zero-order valence-corrected chi connectivity index (χ0v) is 21.0. The molecule has 1 aromatic heterocycles. The molecule has 0 aliphatic rings. The van der Waals surface area contributed by atoms with Gasteiger partial charge in [0.05, 0.1) is 6.42 Å². The van der Waals surface area contributed by atoms with E-state index in [0.29, 0.717) is 5.95 Å². The van der Waals surface area contributed by atoms with Gasteiger partial charge in [-0.25, -0.2) is 9.97 Å². The summed E-state index contributed by atoms with van der Waals surface area (Å²) in [6.45, 7) is 6.60. The maximum absolute atomic E-state index is 10.0. The van der Waals surface area contributed by atoms with Gasteiger partial charge in [0.25, 0.3) is 0 Å². The summed E-state index contributed by atoms with van der Waals surface area (Å²) in [4.78, 5) is 27.9. The largest absolute Gasteiger partial charge is 1.00 e. The molecule has 0 spiro atoms. The van der Waals surface area contributed by atoms with Crippen LogP contribution in [0.25, 0.3) is 0 Å². The molecule has 0 saturated carbocycles. The first-order chi connectivity index (χ1) is 9.04. The van der Waals surface area contributed by atoms with Gasteiger partial charge in [0.2, 0.25) is 5.95 Å². The molecule has 123 valence electrons. The molecule has 9 nitrogen and oxygen atoms in total. The molecule has 1 radical (unpaired) electrons. The smallest absolute Gasteiger partial charge is 0.870 e. The molecule has 23 heavy (non-hydrogen) atoms. The first-order valence-corrected chi connectivity index (χ1v) is 5.70. The van der Waals surface area contributed by atoms with Crippen LogP contribution in [0.1, 0.15) is 31.7 Å². The topological polar surface area (TPSA) is 192 Å². The third kappa shape index (κ3) is 34.3. The van der Waals surface area contributed by atoms with Gasteiger partial charge in [0.15, 0.2) is 5.96 Å². The van der Waals surface area contributed by atoms with E-state index in [2.05, 4.69) is 21.4 Å². The average Bonchev–Trinajstić information content (AvgIpc) is 2.11. The van der Waals surface area contributed by atoms with Crippen molar-refractivity contribution >= 4 is 23.5 Å². The molecule has 8 N–H and O–H groups in total. The maximum Gasteiger partial charge on any atom is 1.00 e. The Kier molecular flexibility index (Phi) is 29.7.